The Kier molecular flexibility index (Phi) is 3.45. The first-order valence-corrected chi connectivity index (χ1v) is 6.16. The van der Waals surface area contributed by atoms with Crippen molar-refractivity contribution in [1.82, 2.24) is 5.32 Å². The van der Waals surface area contributed by atoms with E-state index in [1.54, 1.807) is 0 Å². The average molecular weight is 197 g/mol. The Morgan fingerprint density at radius 3 is 2.64 bits per heavy atom. The summed E-state index contributed by atoms with van der Waals surface area (Å²) in [7, 11) is 0. The second kappa shape index (κ2) is 4.63. The maximum atomic E-state index is 9.61. The smallest absolute Gasteiger partial charge is 0.0488 e. The number of aliphatic hydroxyl groups excluding tert-OH is 1. The predicted octanol–water partition coefficient (Wildman–Crippen LogP) is 1.93. The van der Waals surface area contributed by atoms with Crippen molar-refractivity contribution in [2.75, 3.05) is 19.7 Å². The maximum Gasteiger partial charge on any atom is 0.0488 e. The molecule has 2 N–H and O–H groups in total. The fourth-order valence-corrected chi connectivity index (χ4v) is 2.93. The number of hydrogen-bond donors (Lipinski definition) is 2. The van der Waals surface area contributed by atoms with E-state index in [9.17, 15) is 5.11 Å². The Hall–Kier alpha value is -0.0800. The number of hydrogen-bond acceptors (Lipinski definition) is 2. The summed E-state index contributed by atoms with van der Waals surface area (Å²) in [5.74, 6) is 0.931. The van der Waals surface area contributed by atoms with Crippen LogP contribution < -0.4 is 5.32 Å². The molecule has 1 aliphatic carbocycles. The molecule has 0 spiro atoms. The third kappa shape index (κ3) is 2.29. The van der Waals surface area contributed by atoms with E-state index in [2.05, 4.69) is 5.32 Å². The van der Waals surface area contributed by atoms with Gasteiger partial charge in [0.15, 0.2) is 0 Å². The highest BCUT2D eigenvalue weighted by Crippen LogP contribution is 2.42. The predicted molar refractivity (Wildman–Crippen MR) is 58.2 cm³/mol. The van der Waals surface area contributed by atoms with Gasteiger partial charge in [-0.3, -0.25) is 0 Å². The van der Waals surface area contributed by atoms with Gasteiger partial charge in [-0.1, -0.05) is 19.3 Å². The second-order valence-corrected chi connectivity index (χ2v) is 5.26. The summed E-state index contributed by atoms with van der Waals surface area (Å²) in [6, 6.07) is 0. The van der Waals surface area contributed by atoms with Gasteiger partial charge in [0.05, 0.1) is 0 Å². The summed E-state index contributed by atoms with van der Waals surface area (Å²) in [6.45, 7) is 2.66. The number of rotatable bonds is 3. The van der Waals surface area contributed by atoms with E-state index in [4.69, 9.17) is 0 Å². The Balaban J connectivity index is 1.90. The SMILES string of the molecule is OCC1(CC2CCC2)CCCNCC1. The van der Waals surface area contributed by atoms with Crippen LogP contribution in [0.25, 0.3) is 0 Å². The molecular formula is C12H23NO. The van der Waals surface area contributed by atoms with Crippen molar-refractivity contribution < 1.29 is 5.11 Å². The fraction of sp³-hybridized carbons (Fsp3) is 1.00. The van der Waals surface area contributed by atoms with Gasteiger partial charge < -0.3 is 10.4 Å². The molecule has 1 atom stereocenters. The van der Waals surface area contributed by atoms with Crippen LogP contribution in [-0.2, 0) is 0 Å². The summed E-state index contributed by atoms with van der Waals surface area (Å²) in [5.41, 5.74) is 0.272. The molecule has 0 amide bonds. The molecule has 1 heterocycles. The topological polar surface area (TPSA) is 32.3 Å². The van der Waals surface area contributed by atoms with Gasteiger partial charge in [-0.15, -0.1) is 0 Å². The maximum absolute atomic E-state index is 9.61. The van der Waals surface area contributed by atoms with Gasteiger partial charge in [0.2, 0.25) is 0 Å². The van der Waals surface area contributed by atoms with Gasteiger partial charge in [0, 0.05) is 6.61 Å². The van der Waals surface area contributed by atoms with Crippen LogP contribution >= 0.6 is 0 Å². The molecular weight excluding hydrogens is 174 g/mol. The lowest BCUT2D eigenvalue weighted by molar-refractivity contribution is 0.0643. The van der Waals surface area contributed by atoms with Crippen molar-refractivity contribution in [2.45, 2.75) is 44.9 Å². The zero-order chi connectivity index (χ0) is 9.86. The fourth-order valence-electron chi connectivity index (χ4n) is 2.93. The van der Waals surface area contributed by atoms with Crippen molar-refractivity contribution in [3.05, 3.63) is 0 Å². The molecule has 1 unspecified atom stereocenters. The lowest BCUT2D eigenvalue weighted by Gasteiger charge is -2.37. The highest BCUT2D eigenvalue weighted by Gasteiger charge is 2.34. The Morgan fingerprint density at radius 2 is 2.00 bits per heavy atom. The summed E-state index contributed by atoms with van der Waals surface area (Å²) >= 11 is 0. The lowest BCUT2D eigenvalue weighted by Crippen LogP contribution is -2.31. The van der Waals surface area contributed by atoms with Crippen LogP contribution in [0.5, 0.6) is 0 Å². The van der Waals surface area contributed by atoms with Gasteiger partial charge in [0.25, 0.3) is 0 Å². The van der Waals surface area contributed by atoms with Gasteiger partial charge >= 0.3 is 0 Å². The van der Waals surface area contributed by atoms with Crippen LogP contribution in [0.2, 0.25) is 0 Å². The average Bonchev–Trinajstić information content (AvgIpc) is 2.38. The van der Waals surface area contributed by atoms with Crippen molar-refractivity contribution >= 4 is 0 Å². The van der Waals surface area contributed by atoms with Crippen molar-refractivity contribution in [1.29, 1.82) is 0 Å². The lowest BCUT2D eigenvalue weighted by atomic mass is 9.69. The van der Waals surface area contributed by atoms with E-state index in [0.717, 1.165) is 19.0 Å². The second-order valence-electron chi connectivity index (χ2n) is 5.26. The van der Waals surface area contributed by atoms with Gasteiger partial charge in [-0.25, -0.2) is 0 Å². The van der Waals surface area contributed by atoms with E-state index >= 15 is 0 Å². The minimum absolute atomic E-state index is 0.272. The van der Waals surface area contributed by atoms with Crippen LogP contribution in [0.3, 0.4) is 0 Å². The van der Waals surface area contributed by atoms with Gasteiger partial charge in [-0.05, 0) is 50.1 Å². The molecule has 0 aromatic carbocycles. The largest absolute Gasteiger partial charge is 0.396 e. The molecule has 82 valence electrons. The molecule has 0 bridgehead atoms. The molecule has 0 aromatic rings. The van der Waals surface area contributed by atoms with E-state index < -0.39 is 0 Å². The molecule has 2 fully saturated rings. The molecule has 0 aromatic heterocycles. The monoisotopic (exact) mass is 197 g/mol. The standard InChI is InChI=1S/C12H23NO/c14-10-12(9-11-3-1-4-11)5-2-7-13-8-6-12/h11,13-14H,1-10H2. The van der Waals surface area contributed by atoms with Crippen LogP contribution in [-0.4, -0.2) is 24.8 Å². The van der Waals surface area contributed by atoms with Crippen molar-refractivity contribution in [2.24, 2.45) is 11.3 Å². The number of nitrogens with one attached hydrogen (secondary N) is 1. The molecule has 1 saturated heterocycles. The Morgan fingerprint density at radius 1 is 1.14 bits per heavy atom. The van der Waals surface area contributed by atoms with E-state index in [0.29, 0.717) is 6.61 Å². The molecule has 1 aliphatic heterocycles. The van der Waals surface area contributed by atoms with Crippen LogP contribution in [0.4, 0.5) is 0 Å². The first kappa shape index (κ1) is 10.4. The minimum atomic E-state index is 0.272. The third-order valence-electron chi connectivity index (χ3n) is 4.17. The van der Waals surface area contributed by atoms with Crippen LogP contribution in [0, 0.1) is 11.3 Å². The van der Waals surface area contributed by atoms with E-state index in [1.165, 1.54) is 44.9 Å². The van der Waals surface area contributed by atoms with Gasteiger partial charge in [0.1, 0.15) is 0 Å². The summed E-state index contributed by atoms with van der Waals surface area (Å²) in [5, 5.41) is 13.0. The van der Waals surface area contributed by atoms with Gasteiger partial charge in [-0.2, -0.15) is 0 Å². The first-order valence-electron chi connectivity index (χ1n) is 6.16. The molecule has 0 radical (unpaired) electrons. The summed E-state index contributed by atoms with van der Waals surface area (Å²) in [4.78, 5) is 0. The zero-order valence-corrected chi connectivity index (χ0v) is 9.10. The van der Waals surface area contributed by atoms with Crippen LogP contribution in [0.15, 0.2) is 0 Å². The molecule has 2 aliphatic rings. The Bertz CT molecular complexity index is 169. The molecule has 1 saturated carbocycles. The Labute approximate surface area is 87.1 Å². The molecule has 2 rings (SSSR count). The highest BCUT2D eigenvalue weighted by molar-refractivity contribution is 4.86. The minimum Gasteiger partial charge on any atom is -0.396 e. The third-order valence-corrected chi connectivity index (χ3v) is 4.17. The summed E-state index contributed by atoms with van der Waals surface area (Å²) in [6.07, 6.45) is 9.18. The molecule has 2 nitrogen and oxygen atoms in total. The van der Waals surface area contributed by atoms with Crippen molar-refractivity contribution in [3.63, 3.8) is 0 Å². The molecule has 14 heavy (non-hydrogen) atoms. The van der Waals surface area contributed by atoms with E-state index in [-0.39, 0.29) is 5.41 Å². The number of aliphatic hydroxyl groups is 1. The molecule has 2 heteroatoms. The summed E-state index contributed by atoms with van der Waals surface area (Å²) < 4.78 is 0. The highest BCUT2D eigenvalue weighted by atomic mass is 16.3. The normalized spacial score (nSPS) is 34.9. The van der Waals surface area contributed by atoms with Crippen LogP contribution in [0.1, 0.15) is 44.9 Å². The first-order chi connectivity index (χ1) is 6.85. The van der Waals surface area contributed by atoms with E-state index in [1.807, 2.05) is 0 Å². The van der Waals surface area contributed by atoms with Crippen molar-refractivity contribution in [3.8, 4) is 0 Å². The quantitative estimate of drug-likeness (QED) is 0.724. The zero-order valence-electron chi connectivity index (χ0n) is 9.10.